The molecule has 4 heterocycles. The molecule has 0 saturated heterocycles. The van der Waals surface area contributed by atoms with Crippen LogP contribution in [-0.2, 0) is 13.0 Å². The Morgan fingerprint density at radius 1 is 1.12 bits per heavy atom. The van der Waals surface area contributed by atoms with Crippen molar-refractivity contribution in [1.82, 2.24) is 29.5 Å². The van der Waals surface area contributed by atoms with E-state index in [4.69, 9.17) is 11.6 Å². The lowest BCUT2D eigenvalue weighted by Gasteiger charge is -2.14. The van der Waals surface area contributed by atoms with Crippen molar-refractivity contribution in [3.8, 4) is 11.5 Å². The van der Waals surface area contributed by atoms with E-state index in [0.29, 0.717) is 10.9 Å². The monoisotopic (exact) mass is 352 g/mol. The van der Waals surface area contributed by atoms with Crippen LogP contribution in [0.4, 0.5) is 0 Å². The molecule has 0 bridgehead atoms. The van der Waals surface area contributed by atoms with Crippen molar-refractivity contribution in [2.75, 3.05) is 0 Å². The van der Waals surface area contributed by atoms with Gasteiger partial charge < -0.3 is 9.55 Å². The van der Waals surface area contributed by atoms with Crippen LogP contribution in [0.15, 0.2) is 49.3 Å². The molecule has 126 valence electrons. The number of nitrogens with zero attached hydrogens (tertiary/aromatic N) is 5. The van der Waals surface area contributed by atoms with Crippen LogP contribution in [0.25, 0.3) is 22.7 Å². The summed E-state index contributed by atoms with van der Waals surface area (Å²) in [5, 5.41) is 0.658. The fourth-order valence-electron chi connectivity index (χ4n) is 3.06. The highest BCUT2D eigenvalue weighted by atomic mass is 35.5. The van der Waals surface area contributed by atoms with Gasteiger partial charge in [0.1, 0.15) is 11.2 Å². The number of aromatic amines is 1. The molecule has 0 aliphatic heterocycles. The minimum absolute atomic E-state index is 0.398. The highest BCUT2D eigenvalue weighted by molar-refractivity contribution is 6.30. The Kier molecular flexibility index (Phi) is 4.19. The van der Waals surface area contributed by atoms with Crippen LogP contribution in [0.1, 0.15) is 12.5 Å². The lowest BCUT2D eigenvalue weighted by Crippen LogP contribution is -2.11. The van der Waals surface area contributed by atoms with Gasteiger partial charge in [-0.15, -0.1) is 0 Å². The Labute approximate surface area is 149 Å². The van der Waals surface area contributed by atoms with Crippen LogP contribution in [0.5, 0.6) is 0 Å². The fraction of sp³-hybridized carbons (Fsp3) is 0.222. The van der Waals surface area contributed by atoms with E-state index < -0.39 is 0 Å². The predicted molar refractivity (Wildman–Crippen MR) is 97.2 cm³/mol. The first-order valence-corrected chi connectivity index (χ1v) is 8.48. The van der Waals surface area contributed by atoms with Gasteiger partial charge in [0.2, 0.25) is 0 Å². The smallest absolute Gasteiger partial charge is 0.158 e. The third-order valence-electron chi connectivity index (χ3n) is 4.15. The second-order valence-electron chi connectivity index (χ2n) is 6.14. The second kappa shape index (κ2) is 6.64. The van der Waals surface area contributed by atoms with Gasteiger partial charge in [-0.3, -0.25) is 4.98 Å². The van der Waals surface area contributed by atoms with Crippen molar-refractivity contribution in [1.29, 1.82) is 0 Å². The molecule has 0 fully saturated rings. The van der Waals surface area contributed by atoms with Crippen molar-refractivity contribution >= 4 is 22.8 Å². The Morgan fingerprint density at radius 2 is 2.00 bits per heavy atom. The summed E-state index contributed by atoms with van der Waals surface area (Å²) >= 11 is 6.08. The maximum absolute atomic E-state index is 6.08. The zero-order chi connectivity index (χ0) is 17.2. The summed E-state index contributed by atoms with van der Waals surface area (Å²) in [5.74, 6) is 1.23. The number of rotatable bonds is 5. The van der Waals surface area contributed by atoms with E-state index in [2.05, 4.69) is 36.4 Å². The summed E-state index contributed by atoms with van der Waals surface area (Å²) in [7, 11) is 0. The summed E-state index contributed by atoms with van der Waals surface area (Å²) in [5.41, 5.74) is 3.75. The third-order valence-corrected chi connectivity index (χ3v) is 4.38. The minimum atomic E-state index is 0.398. The van der Waals surface area contributed by atoms with Crippen molar-refractivity contribution in [3.05, 3.63) is 59.9 Å². The molecule has 4 rings (SSSR count). The average Bonchev–Trinajstić information content (AvgIpc) is 3.24. The SMILES string of the molecule is CC(Cc1ccnc2[nH]cnc12)Cn1ccnc1-c1cc(Cl)ccn1. The molecule has 0 aliphatic rings. The molecule has 0 aliphatic carbocycles. The maximum Gasteiger partial charge on any atom is 0.158 e. The number of imidazole rings is 2. The number of H-pyrrole nitrogens is 1. The van der Waals surface area contributed by atoms with Gasteiger partial charge in [0.05, 0.1) is 6.33 Å². The van der Waals surface area contributed by atoms with Gasteiger partial charge in [0.25, 0.3) is 0 Å². The van der Waals surface area contributed by atoms with Gasteiger partial charge in [-0.1, -0.05) is 18.5 Å². The molecule has 0 saturated carbocycles. The molecule has 0 spiro atoms. The molecule has 0 amide bonds. The number of halogens is 1. The number of hydrogen-bond donors (Lipinski definition) is 1. The van der Waals surface area contributed by atoms with E-state index in [9.17, 15) is 0 Å². The standard InChI is InChI=1S/C18H17ClN6/c1-12(8-13-2-4-21-17-16(13)23-11-24-17)10-25-7-6-22-18(25)15-9-14(19)3-5-20-15/h2-7,9,11-12H,8,10H2,1H3,(H,21,23,24). The van der Waals surface area contributed by atoms with Gasteiger partial charge in [0, 0.05) is 36.4 Å². The summed E-state index contributed by atoms with van der Waals surface area (Å²) in [4.78, 5) is 20.6. The molecule has 1 N–H and O–H groups in total. The molecular formula is C18H17ClN6. The Balaban J connectivity index is 1.55. The summed E-state index contributed by atoms with van der Waals surface area (Å²) < 4.78 is 2.12. The normalized spacial score (nSPS) is 12.6. The van der Waals surface area contributed by atoms with E-state index >= 15 is 0 Å². The largest absolute Gasteiger partial charge is 0.329 e. The topological polar surface area (TPSA) is 72.3 Å². The van der Waals surface area contributed by atoms with Crippen molar-refractivity contribution in [3.63, 3.8) is 0 Å². The van der Waals surface area contributed by atoms with E-state index in [-0.39, 0.29) is 0 Å². The first kappa shape index (κ1) is 15.8. The molecule has 0 radical (unpaired) electrons. The molecular weight excluding hydrogens is 336 g/mol. The van der Waals surface area contributed by atoms with E-state index in [1.165, 1.54) is 5.56 Å². The molecule has 7 heteroatoms. The number of nitrogens with one attached hydrogen (secondary N) is 1. The van der Waals surface area contributed by atoms with Crippen LogP contribution in [0.3, 0.4) is 0 Å². The van der Waals surface area contributed by atoms with E-state index in [1.54, 1.807) is 24.8 Å². The molecule has 25 heavy (non-hydrogen) atoms. The lowest BCUT2D eigenvalue weighted by atomic mass is 10.0. The van der Waals surface area contributed by atoms with Gasteiger partial charge >= 0.3 is 0 Å². The highest BCUT2D eigenvalue weighted by Gasteiger charge is 2.13. The molecule has 1 unspecified atom stereocenters. The lowest BCUT2D eigenvalue weighted by molar-refractivity contribution is 0.483. The van der Waals surface area contributed by atoms with Gasteiger partial charge in [-0.05, 0) is 36.1 Å². The second-order valence-corrected chi connectivity index (χ2v) is 6.58. The number of hydrogen-bond acceptors (Lipinski definition) is 4. The molecule has 4 aromatic rings. The van der Waals surface area contributed by atoms with Crippen LogP contribution in [0.2, 0.25) is 5.02 Å². The van der Waals surface area contributed by atoms with Crippen molar-refractivity contribution in [2.24, 2.45) is 5.92 Å². The van der Waals surface area contributed by atoms with Crippen LogP contribution in [0, 0.1) is 5.92 Å². The number of fused-ring (bicyclic) bond motifs is 1. The fourth-order valence-corrected chi connectivity index (χ4v) is 3.22. The van der Waals surface area contributed by atoms with Crippen LogP contribution >= 0.6 is 11.6 Å². The first-order valence-electron chi connectivity index (χ1n) is 8.11. The highest BCUT2D eigenvalue weighted by Crippen LogP contribution is 2.22. The minimum Gasteiger partial charge on any atom is -0.329 e. The van der Waals surface area contributed by atoms with Crippen LogP contribution < -0.4 is 0 Å². The summed E-state index contributed by atoms with van der Waals surface area (Å²) in [6.45, 7) is 3.05. The predicted octanol–water partition coefficient (Wildman–Crippen LogP) is 3.75. The van der Waals surface area contributed by atoms with E-state index in [0.717, 1.165) is 35.6 Å². The summed E-state index contributed by atoms with van der Waals surface area (Å²) in [6, 6.07) is 5.63. The molecule has 4 aromatic heterocycles. The zero-order valence-corrected chi connectivity index (χ0v) is 14.5. The average molecular weight is 353 g/mol. The van der Waals surface area contributed by atoms with Gasteiger partial charge in [-0.2, -0.15) is 0 Å². The first-order chi connectivity index (χ1) is 12.2. The van der Waals surface area contributed by atoms with Gasteiger partial charge in [0.15, 0.2) is 11.5 Å². The Morgan fingerprint density at radius 3 is 2.88 bits per heavy atom. The van der Waals surface area contributed by atoms with E-state index in [1.807, 2.05) is 24.5 Å². The Hall–Kier alpha value is -2.73. The number of pyridine rings is 2. The molecule has 1 atom stereocenters. The maximum atomic E-state index is 6.08. The zero-order valence-electron chi connectivity index (χ0n) is 13.7. The quantitative estimate of drug-likeness (QED) is 0.593. The van der Waals surface area contributed by atoms with Crippen LogP contribution in [-0.4, -0.2) is 29.5 Å². The molecule has 6 nitrogen and oxygen atoms in total. The van der Waals surface area contributed by atoms with Crippen molar-refractivity contribution < 1.29 is 0 Å². The number of aromatic nitrogens is 6. The van der Waals surface area contributed by atoms with Crippen molar-refractivity contribution in [2.45, 2.75) is 19.9 Å². The van der Waals surface area contributed by atoms with Gasteiger partial charge in [-0.25, -0.2) is 15.0 Å². The summed E-state index contributed by atoms with van der Waals surface area (Å²) in [6.07, 6.45) is 9.88. The molecule has 0 aromatic carbocycles. The Bertz CT molecular complexity index is 1010. The third kappa shape index (κ3) is 3.25.